The van der Waals surface area contributed by atoms with Crippen molar-refractivity contribution in [3.05, 3.63) is 53.8 Å². The number of hydrogen-bond acceptors (Lipinski definition) is 3. The largest absolute Gasteiger partial charge is 0.399 e. The molecule has 0 radical (unpaired) electrons. The number of nitrogens with zero attached hydrogens (tertiary/aromatic N) is 1. The minimum absolute atomic E-state index is 0.00357. The summed E-state index contributed by atoms with van der Waals surface area (Å²) in [6.45, 7) is 0. The van der Waals surface area contributed by atoms with Gasteiger partial charge in [0.25, 0.3) is 0 Å². The number of amides is 2. The van der Waals surface area contributed by atoms with Gasteiger partial charge in [0.1, 0.15) is 5.82 Å². The van der Waals surface area contributed by atoms with Crippen molar-refractivity contribution >= 4 is 23.1 Å². The van der Waals surface area contributed by atoms with Gasteiger partial charge < -0.3 is 16.4 Å². The Labute approximate surface area is 114 Å². The van der Waals surface area contributed by atoms with E-state index in [0.29, 0.717) is 16.9 Å². The molecule has 0 unspecified atom stereocenters. The Morgan fingerprint density at radius 2 is 1.85 bits per heavy atom. The average molecular weight is 270 g/mol. The van der Waals surface area contributed by atoms with Crippen LogP contribution in [0.5, 0.6) is 0 Å². The van der Waals surface area contributed by atoms with Crippen LogP contribution in [0.25, 0.3) is 0 Å². The van der Waals surface area contributed by atoms with Crippen LogP contribution in [0.3, 0.4) is 0 Å². The first-order valence-electron chi connectivity index (χ1n) is 5.71. The molecule has 20 heavy (non-hydrogen) atoms. The minimum Gasteiger partial charge on any atom is -0.399 e. The number of halogens is 1. The van der Waals surface area contributed by atoms with E-state index in [9.17, 15) is 9.18 Å². The van der Waals surface area contributed by atoms with E-state index in [0.717, 1.165) is 0 Å². The van der Waals surface area contributed by atoms with E-state index in [2.05, 4.69) is 10.6 Å². The van der Waals surface area contributed by atoms with E-state index in [1.807, 2.05) is 6.07 Å². The van der Waals surface area contributed by atoms with Crippen LogP contribution in [0, 0.1) is 17.1 Å². The predicted octanol–water partition coefficient (Wildman–Crippen LogP) is 2.92. The van der Waals surface area contributed by atoms with Gasteiger partial charge in [-0.25, -0.2) is 9.18 Å². The number of nitrogens with two attached hydrogens (primary N) is 1. The number of nitriles is 1. The van der Waals surface area contributed by atoms with Gasteiger partial charge in [-0.3, -0.25) is 0 Å². The number of benzene rings is 2. The van der Waals surface area contributed by atoms with E-state index in [1.165, 1.54) is 18.2 Å². The Bertz CT molecular complexity index is 677. The number of nitrogens with one attached hydrogen (secondary N) is 2. The summed E-state index contributed by atoms with van der Waals surface area (Å²) in [5.74, 6) is -0.575. The summed E-state index contributed by atoms with van der Waals surface area (Å²) in [4.78, 5) is 11.7. The Kier molecular flexibility index (Phi) is 3.82. The van der Waals surface area contributed by atoms with Crippen molar-refractivity contribution < 1.29 is 9.18 Å². The molecule has 100 valence electrons. The highest BCUT2D eigenvalue weighted by Gasteiger charge is 2.07. The molecule has 0 aliphatic heterocycles. The normalized spacial score (nSPS) is 9.60. The standard InChI is InChI=1S/C14H11FN4O/c15-12-6-3-10(17)7-13(12)19-14(20)18-11-4-1-9(8-16)2-5-11/h1-7H,17H2,(H2,18,19,20). The van der Waals surface area contributed by atoms with Crippen LogP contribution in [0.2, 0.25) is 0 Å². The van der Waals surface area contributed by atoms with Gasteiger partial charge in [0, 0.05) is 11.4 Å². The lowest BCUT2D eigenvalue weighted by Gasteiger charge is -2.09. The van der Waals surface area contributed by atoms with Crippen LogP contribution in [0.15, 0.2) is 42.5 Å². The summed E-state index contributed by atoms with van der Waals surface area (Å²) >= 11 is 0. The first kappa shape index (κ1) is 13.4. The van der Waals surface area contributed by atoms with Gasteiger partial charge >= 0.3 is 6.03 Å². The molecule has 4 N–H and O–H groups in total. The van der Waals surface area contributed by atoms with Gasteiger partial charge in [0.05, 0.1) is 17.3 Å². The highest BCUT2D eigenvalue weighted by Crippen LogP contribution is 2.18. The second-order valence-corrected chi connectivity index (χ2v) is 4.01. The molecule has 0 spiro atoms. The second kappa shape index (κ2) is 5.71. The topological polar surface area (TPSA) is 90.9 Å². The third-order valence-corrected chi connectivity index (χ3v) is 2.51. The predicted molar refractivity (Wildman–Crippen MR) is 74.6 cm³/mol. The van der Waals surface area contributed by atoms with Crippen molar-refractivity contribution in [2.45, 2.75) is 0 Å². The van der Waals surface area contributed by atoms with E-state index in [4.69, 9.17) is 11.0 Å². The molecule has 0 atom stereocenters. The number of carbonyl (C=O) groups is 1. The Hall–Kier alpha value is -3.07. The van der Waals surface area contributed by atoms with Gasteiger partial charge in [0.15, 0.2) is 0 Å². The maximum atomic E-state index is 13.4. The summed E-state index contributed by atoms with van der Waals surface area (Å²) in [5.41, 5.74) is 6.84. The summed E-state index contributed by atoms with van der Waals surface area (Å²) in [5, 5.41) is 13.5. The molecule has 0 saturated carbocycles. The molecule has 0 bridgehead atoms. The molecule has 2 aromatic carbocycles. The number of carbonyl (C=O) groups excluding carboxylic acids is 1. The van der Waals surface area contributed by atoms with E-state index in [-0.39, 0.29) is 5.69 Å². The van der Waals surface area contributed by atoms with Crippen LogP contribution in [0.1, 0.15) is 5.56 Å². The number of anilines is 3. The lowest BCUT2D eigenvalue weighted by molar-refractivity contribution is 0.262. The molecule has 5 nitrogen and oxygen atoms in total. The van der Waals surface area contributed by atoms with Crippen molar-refractivity contribution in [2.24, 2.45) is 0 Å². The number of urea groups is 1. The first-order chi connectivity index (χ1) is 9.58. The molecule has 2 rings (SSSR count). The van der Waals surface area contributed by atoms with Crippen molar-refractivity contribution in [3.8, 4) is 6.07 Å². The maximum absolute atomic E-state index is 13.4. The molecule has 0 fully saturated rings. The average Bonchev–Trinajstić information content (AvgIpc) is 2.43. The molecule has 0 saturated heterocycles. The zero-order chi connectivity index (χ0) is 14.5. The lowest BCUT2D eigenvalue weighted by atomic mass is 10.2. The molecule has 0 aromatic heterocycles. The Morgan fingerprint density at radius 3 is 2.50 bits per heavy atom. The van der Waals surface area contributed by atoms with E-state index in [1.54, 1.807) is 24.3 Å². The molecule has 6 heteroatoms. The summed E-state index contributed by atoms with van der Waals surface area (Å²) in [6, 6.07) is 11.6. The van der Waals surface area contributed by atoms with Gasteiger partial charge in [-0.1, -0.05) is 0 Å². The van der Waals surface area contributed by atoms with Gasteiger partial charge in [-0.2, -0.15) is 5.26 Å². The molecule has 0 heterocycles. The smallest absolute Gasteiger partial charge is 0.323 e. The third-order valence-electron chi connectivity index (χ3n) is 2.51. The fourth-order valence-corrected chi connectivity index (χ4v) is 1.55. The molecule has 0 aliphatic carbocycles. The second-order valence-electron chi connectivity index (χ2n) is 4.01. The van der Waals surface area contributed by atoms with Crippen LogP contribution in [-0.4, -0.2) is 6.03 Å². The quantitative estimate of drug-likeness (QED) is 0.733. The summed E-state index contributed by atoms with van der Waals surface area (Å²) < 4.78 is 13.4. The van der Waals surface area contributed by atoms with E-state index >= 15 is 0 Å². The zero-order valence-corrected chi connectivity index (χ0v) is 10.4. The van der Waals surface area contributed by atoms with Crippen molar-refractivity contribution in [3.63, 3.8) is 0 Å². The van der Waals surface area contributed by atoms with Crippen LogP contribution < -0.4 is 16.4 Å². The fourth-order valence-electron chi connectivity index (χ4n) is 1.55. The highest BCUT2D eigenvalue weighted by molar-refractivity contribution is 6.00. The van der Waals surface area contributed by atoms with Crippen LogP contribution >= 0.6 is 0 Å². The van der Waals surface area contributed by atoms with Crippen LogP contribution in [0.4, 0.5) is 26.2 Å². The Balaban J connectivity index is 2.05. The maximum Gasteiger partial charge on any atom is 0.323 e. The SMILES string of the molecule is N#Cc1ccc(NC(=O)Nc2cc(N)ccc2F)cc1. The minimum atomic E-state index is -0.598. The highest BCUT2D eigenvalue weighted by atomic mass is 19.1. The van der Waals surface area contributed by atoms with Gasteiger partial charge in [0.2, 0.25) is 0 Å². The lowest BCUT2D eigenvalue weighted by Crippen LogP contribution is -2.20. The Morgan fingerprint density at radius 1 is 1.15 bits per heavy atom. The molecular formula is C14H11FN4O. The van der Waals surface area contributed by atoms with Crippen molar-refractivity contribution in [1.29, 1.82) is 5.26 Å². The molecule has 0 aliphatic rings. The van der Waals surface area contributed by atoms with Crippen molar-refractivity contribution in [1.82, 2.24) is 0 Å². The van der Waals surface area contributed by atoms with Crippen molar-refractivity contribution in [2.75, 3.05) is 16.4 Å². The van der Waals surface area contributed by atoms with Gasteiger partial charge in [-0.05, 0) is 42.5 Å². The molecule has 2 aromatic rings. The molecule has 2 amide bonds. The zero-order valence-electron chi connectivity index (χ0n) is 10.4. The summed E-state index contributed by atoms with van der Waals surface area (Å²) in [7, 11) is 0. The fraction of sp³-hybridized carbons (Fsp3) is 0. The van der Waals surface area contributed by atoms with E-state index < -0.39 is 11.8 Å². The number of nitrogen functional groups attached to an aromatic ring is 1. The first-order valence-corrected chi connectivity index (χ1v) is 5.71. The van der Waals surface area contributed by atoms with Crippen LogP contribution in [-0.2, 0) is 0 Å². The number of rotatable bonds is 2. The molecular weight excluding hydrogens is 259 g/mol. The monoisotopic (exact) mass is 270 g/mol. The third kappa shape index (κ3) is 3.23. The number of hydrogen-bond donors (Lipinski definition) is 3. The van der Waals surface area contributed by atoms with Gasteiger partial charge in [-0.15, -0.1) is 0 Å². The summed E-state index contributed by atoms with van der Waals surface area (Å²) in [6.07, 6.45) is 0.